The van der Waals surface area contributed by atoms with Crippen molar-refractivity contribution in [2.24, 2.45) is 10.9 Å². The van der Waals surface area contributed by atoms with Crippen LogP contribution in [0.25, 0.3) is 0 Å². The average Bonchev–Trinajstić information content (AvgIpc) is 3.21. The van der Waals surface area contributed by atoms with Crippen molar-refractivity contribution in [3.8, 4) is 5.75 Å². The first kappa shape index (κ1) is 20.9. The zero-order valence-electron chi connectivity index (χ0n) is 17.0. The molecule has 6 nitrogen and oxygen atoms in total. The van der Waals surface area contributed by atoms with Gasteiger partial charge in [0.05, 0.1) is 13.2 Å². The molecule has 2 atom stereocenters. The summed E-state index contributed by atoms with van der Waals surface area (Å²) in [5.74, 6) is 1.92. The number of aliphatic imine (C=N–C) groups is 1. The van der Waals surface area contributed by atoms with Crippen LogP contribution in [0.15, 0.2) is 29.3 Å². The smallest absolute Gasteiger partial charge is 0.191 e. The van der Waals surface area contributed by atoms with Gasteiger partial charge in [0.15, 0.2) is 5.96 Å². The molecule has 0 amide bonds. The third-order valence-electron chi connectivity index (χ3n) is 5.40. The van der Waals surface area contributed by atoms with Gasteiger partial charge < -0.3 is 25.0 Å². The highest BCUT2D eigenvalue weighted by molar-refractivity contribution is 5.80. The minimum Gasteiger partial charge on any atom is -0.489 e. The van der Waals surface area contributed by atoms with Crippen molar-refractivity contribution in [2.75, 3.05) is 46.4 Å². The predicted molar refractivity (Wildman–Crippen MR) is 109 cm³/mol. The van der Waals surface area contributed by atoms with Crippen LogP contribution in [0, 0.1) is 11.7 Å². The van der Waals surface area contributed by atoms with Crippen LogP contribution in [0.2, 0.25) is 0 Å². The van der Waals surface area contributed by atoms with Crippen LogP contribution in [0.3, 0.4) is 0 Å². The van der Waals surface area contributed by atoms with E-state index in [1.807, 2.05) is 6.92 Å². The maximum Gasteiger partial charge on any atom is 0.191 e. The first-order valence-corrected chi connectivity index (χ1v) is 10.3. The van der Waals surface area contributed by atoms with Crippen molar-refractivity contribution >= 4 is 5.96 Å². The molecule has 156 valence electrons. The highest BCUT2D eigenvalue weighted by Gasteiger charge is 2.24. The van der Waals surface area contributed by atoms with Crippen molar-refractivity contribution in [1.29, 1.82) is 0 Å². The monoisotopic (exact) mass is 392 g/mol. The van der Waals surface area contributed by atoms with Crippen LogP contribution < -0.4 is 15.4 Å². The number of nitrogens with one attached hydrogen (secondary N) is 2. The van der Waals surface area contributed by atoms with Gasteiger partial charge in [0.2, 0.25) is 0 Å². The maximum atomic E-state index is 13.0. The minimum atomic E-state index is -0.259. The number of nitrogens with zero attached hydrogens (tertiary/aromatic N) is 2. The molecule has 2 fully saturated rings. The van der Waals surface area contributed by atoms with E-state index in [0.29, 0.717) is 24.3 Å². The fourth-order valence-electron chi connectivity index (χ4n) is 3.77. The Kier molecular flexibility index (Phi) is 7.91. The largest absolute Gasteiger partial charge is 0.489 e. The topological polar surface area (TPSA) is 58.1 Å². The molecule has 0 radical (unpaired) electrons. The normalized spacial score (nSPS) is 22.8. The lowest BCUT2D eigenvalue weighted by atomic mass is 10.0. The van der Waals surface area contributed by atoms with Gasteiger partial charge in [-0.1, -0.05) is 0 Å². The molecule has 2 heterocycles. The Morgan fingerprint density at radius 2 is 2.04 bits per heavy atom. The second kappa shape index (κ2) is 10.6. The van der Waals surface area contributed by atoms with Crippen LogP contribution in [0.1, 0.15) is 26.2 Å². The lowest BCUT2D eigenvalue weighted by molar-refractivity contribution is 0.150. The molecule has 0 aromatic heterocycles. The van der Waals surface area contributed by atoms with Crippen LogP contribution >= 0.6 is 0 Å². The Labute approximate surface area is 167 Å². The Hall–Kier alpha value is -1.86. The number of benzene rings is 1. The van der Waals surface area contributed by atoms with Gasteiger partial charge in [-0.05, 0) is 56.4 Å². The second-order valence-corrected chi connectivity index (χ2v) is 7.78. The van der Waals surface area contributed by atoms with E-state index in [4.69, 9.17) is 9.47 Å². The van der Waals surface area contributed by atoms with Crippen LogP contribution in [0.5, 0.6) is 5.75 Å². The van der Waals surface area contributed by atoms with Crippen molar-refractivity contribution < 1.29 is 13.9 Å². The van der Waals surface area contributed by atoms with E-state index in [9.17, 15) is 4.39 Å². The quantitative estimate of drug-likeness (QED) is 0.551. The van der Waals surface area contributed by atoms with Gasteiger partial charge in [-0.2, -0.15) is 0 Å². The Bertz CT molecular complexity index is 611. The van der Waals surface area contributed by atoms with Gasteiger partial charge in [0, 0.05) is 39.3 Å². The van der Waals surface area contributed by atoms with Gasteiger partial charge >= 0.3 is 0 Å². The molecule has 1 aromatic rings. The lowest BCUT2D eigenvalue weighted by Crippen LogP contribution is -2.50. The second-order valence-electron chi connectivity index (χ2n) is 7.78. The first-order chi connectivity index (χ1) is 13.6. The van der Waals surface area contributed by atoms with Crippen molar-refractivity contribution in [2.45, 2.75) is 38.3 Å². The molecular weight excluding hydrogens is 359 g/mol. The van der Waals surface area contributed by atoms with E-state index in [1.54, 1.807) is 19.2 Å². The lowest BCUT2D eigenvalue weighted by Gasteiger charge is -2.34. The molecule has 1 aromatic carbocycles. The number of piperidine rings is 1. The predicted octanol–water partition coefficient (Wildman–Crippen LogP) is 2.26. The Morgan fingerprint density at radius 3 is 2.68 bits per heavy atom. The SMILES string of the molecule is CN=C(NCC(C)Oc1ccc(F)cc1)NC1CCN(CC2CCOC2)CC1. The zero-order chi connectivity index (χ0) is 19.8. The van der Waals surface area contributed by atoms with Gasteiger partial charge in [-0.25, -0.2) is 4.39 Å². The number of guanidine groups is 1. The first-order valence-electron chi connectivity index (χ1n) is 10.3. The van der Waals surface area contributed by atoms with E-state index in [1.165, 1.54) is 18.6 Å². The van der Waals surface area contributed by atoms with Crippen LogP contribution in [-0.4, -0.2) is 69.4 Å². The van der Waals surface area contributed by atoms with E-state index in [2.05, 4.69) is 20.5 Å². The van der Waals surface area contributed by atoms with Gasteiger partial charge in [0.1, 0.15) is 17.7 Å². The van der Waals surface area contributed by atoms with E-state index in [-0.39, 0.29) is 11.9 Å². The number of rotatable bonds is 7. The Morgan fingerprint density at radius 1 is 1.29 bits per heavy atom. The molecule has 2 unspecified atom stereocenters. The number of hydrogen-bond acceptors (Lipinski definition) is 4. The number of hydrogen-bond donors (Lipinski definition) is 2. The van der Waals surface area contributed by atoms with E-state index in [0.717, 1.165) is 51.6 Å². The number of likely N-dealkylation sites (tertiary alicyclic amines) is 1. The average molecular weight is 393 g/mol. The van der Waals surface area contributed by atoms with Crippen LogP contribution in [-0.2, 0) is 4.74 Å². The summed E-state index contributed by atoms with van der Waals surface area (Å²) in [6.07, 6.45) is 3.39. The molecule has 0 saturated carbocycles. The number of ether oxygens (including phenoxy) is 2. The number of halogens is 1. The summed E-state index contributed by atoms with van der Waals surface area (Å²) < 4.78 is 24.3. The fraction of sp³-hybridized carbons (Fsp3) is 0.667. The molecular formula is C21H33FN4O2. The fourth-order valence-corrected chi connectivity index (χ4v) is 3.77. The minimum absolute atomic E-state index is 0.0560. The summed E-state index contributed by atoms with van der Waals surface area (Å²) in [5, 5.41) is 6.86. The molecule has 0 aliphatic carbocycles. The third-order valence-corrected chi connectivity index (χ3v) is 5.40. The van der Waals surface area contributed by atoms with Gasteiger partial charge in [-0.3, -0.25) is 4.99 Å². The summed E-state index contributed by atoms with van der Waals surface area (Å²) in [7, 11) is 1.79. The van der Waals surface area contributed by atoms with Crippen molar-refractivity contribution in [3.63, 3.8) is 0 Å². The molecule has 2 aliphatic rings. The third kappa shape index (κ3) is 6.63. The molecule has 2 N–H and O–H groups in total. The van der Waals surface area contributed by atoms with Crippen molar-refractivity contribution in [1.82, 2.24) is 15.5 Å². The summed E-state index contributed by atoms with van der Waals surface area (Å²) in [5.41, 5.74) is 0. The summed E-state index contributed by atoms with van der Waals surface area (Å²) in [6.45, 7) is 7.86. The Balaban J connectivity index is 1.34. The van der Waals surface area contributed by atoms with Crippen molar-refractivity contribution in [3.05, 3.63) is 30.1 Å². The molecule has 0 bridgehead atoms. The molecule has 3 rings (SSSR count). The molecule has 7 heteroatoms. The van der Waals surface area contributed by atoms with E-state index >= 15 is 0 Å². The molecule has 28 heavy (non-hydrogen) atoms. The standard InChI is InChI=1S/C21H33FN4O2/c1-16(28-20-5-3-18(22)4-6-20)13-24-21(23-2)25-19-7-10-26(11-8-19)14-17-9-12-27-15-17/h3-6,16-17,19H,7-15H2,1-2H3,(H2,23,24,25). The zero-order valence-corrected chi connectivity index (χ0v) is 17.0. The summed E-state index contributed by atoms with van der Waals surface area (Å²) in [4.78, 5) is 6.90. The van der Waals surface area contributed by atoms with Crippen LogP contribution in [0.4, 0.5) is 4.39 Å². The molecule has 2 aliphatic heterocycles. The molecule has 2 saturated heterocycles. The van der Waals surface area contributed by atoms with E-state index < -0.39 is 0 Å². The summed E-state index contributed by atoms with van der Waals surface area (Å²) in [6, 6.07) is 6.54. The maximum absolute atomic E-state index is 13.0. The molecule has 0 spiro atoms. The highest BCUT2D eigenvalue weighted by Crippen LogP contribution is 2.17. The van der Waals surface area contributed by atoms with Gasteiger partial charge in [0.25, 0.3) is 0 Å². The summed E-state index contributed by atoms with van der Waals surface area (Å²) >= 11 is 0. The van der Waals surface area contributed by atoms with Gasteiger partial charge in [-0.15, -0.1) is 0 Å². The highest BCUT2D eigenvalue weighted by atomic mass is 19.1.